The van der Waals surface area contributed by atoms with Gasteiger partial charge in [0.1, 0.15) is 0 Å². The van der Waals surface area contributed by atoms with Gasteiger partial charge in [0.05, 0.1) is 6.10 Å². The van der Waals surface area contributed by atoms with Crippen molar-refractivity contribution in [1.29, 1.82) is 0 Å². The maximum atomic E-state index is 9.51. The summed E-state index contributed by atoms with van der Waals surface area (Å²) < 4.78 is 0. The Morgan fingerprint density at radius 1 is 1.36 bits per heavy atom. The summed E-state index contributed by atoms with van der Waals surface area (Å²) in [6.07, 6.45) is 8.68. The van der Waals surface area contributed by atoms with E-state index in [1.165, 1.54) is 25.7 Å². The molecule has 1 nitrogen and oxygen atoms in total. The topological polar surface area (TPSA) is 20.2 Å². The zero-order valence-corrected chi connectivity index (χ0v) is 7.55. The van der Waals surface area contributed by atoms with Crippen molar-refractivity contribution in [2.45, 2.75) is 58.0 Å². The van der Waals surface area contributed by atoms with Crippen LogP contribution in [-0.4, -0.2) is 11.2 Å². The van der Waals surface area contributed by atoms with Crippen molar-refractivity contribution in [3.63, 3.8) is 0 Å². The third-order valence-electron chi connectivity index (χ3n) is 2.70. The molecule has 1 aliphatic carbocycles. The summed E-state index contributed by atoms with van der Waals surface area (Å²) in [4.78, 5) is 0. The molecule has 0 aromatic heterocycles. The Labute approximate surface area is 69.8 Å². The third-order valence-corrected chi connectivity index (χ3v) is 2.70. The number of aliphatic hydroxyl groups excluding tert-OH is 1. The first kappa shape index (κ1) is 9.05. The van der Waals surface area contributed by atoms with Crippen LogP contribution in [0.15, 0.2) is 0 Å². The van der Waals surface area contributed by atoms with E-state index in [2.05, 4.69) is 6.92 Å². The standard InChI is InChI=1S/C10H20O/c1-2-5-10(11)8-9-6-3-4-7-9/h9-11H,2-8H2,1H3. The molecule has 0 saturated heterocycles. The second-order valence-corrected chi connectivity index (χ2v) is 3.83. The van der Waals surface area contributed by atoms with Crippen LogP contribution in [0.1, 0.15) is 51.9 Å². The van der Waals surface area contributed by atoms with Gasteiger partial charge in [0, 0.05) is 0 Å². The molecule has 0 spiro atoms. The van der Waals surface area contributed by atoms with E-state index in [1.54, 1.807) is 0 Å². The van der Waals surface area contributed by atoms with E-state index in [9.17, 15) is 5.11 Å². The Kier molecular flexibility index (Phi) is 3.92. The summed E-state index contributed by atoms with van der Waals surface area (Å²) in [6.45, 7) is 2.14. The van der Waals surface area contributed by atoms with Gasteiger partial charge in [-0.05, 0) is 18.8 Å². The van der Waals surface area contributed by atoms with E-state index in [4.69, 9.17) is 0 Å². The molecule has 1 saturated carbocycles. The minimum Gasteiger partial charge on any atom is -0.393 e. The quantitative estimate of drug-likeness (QED) is 0.663. The number of hydrogen-bond donors (Lipinski definition) is 1. The van der Waals surface area contributed by atoms with E-state index < -0.39 is 0 Å². The van der Waals surface area contributed by atoms with Gasteiger partial charge in [-0.15, -0.1) is 0 Å². The average molecular weight is 156 g/mol. The second-order valence-electron chi connectivity index (χ2n) is 3.83. The maximum Gasteiger partial charge on any atom is 0.0542 e. The van der Waals surface area contributed by atoms with Crippen molar-refractivity contribution in [1.82, 2.24) is 0 Å². The van der Waals surface area contributed by atoms with Gasteiger partial charge in [-0.2, -0.15) is 0 Å². The number of aliphatic hydroxyl groups is 1. The normalized spacial score (nSPS) is 22.4. The highest BCUT2D eigenvalue weighted by Gasteiger charge is 2.17. The first-order valence-electron chi connectivity index (χ1n) is 5.01. The summed E-state index contributed by atoms with van der Waals surface area (Å²) in [5.41, 5.74) is 0. The lowest BCUT2D eigenvalue weighted by Gasteiger charge is -2.13. The molecular weight excluding hydrogens is 136 g/mol. The smallest absolute Gasteiger partial charge is 0.0542 e. The van der Waals surface area contributed by atoms with Crippen LogP contribution in [0.2, 0.25) is 0 Å². The molecule has 1 aliphatic rings. The van der Waals surface area contributed by atoms with Gasteiger partial charge in [-0.25, -0.2) is 0 Å². The predicted molar refractivity (Wildman–Crippen MR) is 47.5 cm³/mol. The van der Waals surface area contributed by atoms with Crippen molar-refractivity contribution in [2.75, 3.05) is 0 Å². The van der Waals surface area contributed by atoms with Gasteiger partial charge >= 0.3 is 0 Å². The Morgan fingerprint density at radius 2 is 2.00 bits per heavy atom. The predicted octanol–water partition coefficient (Wildman–Crippen LogP) is 2.73. The van der Waals surface area contributed by atoms with Crippen molar-refractivity contribution in [2.24, 2.45) is 5.92 Å². The van der Waals surface area contributed by atoms with Crippen molar-refractivity contribution < 1.29 is 5.11 Å². The monoisotopic (exact) mass is 156 g/mol. The van der Waals surface area contributed by atoms with Gasteiger partial charge in [0.2, 0.25) is 0 Å². The summed E-state index contributed by atoms with van der Waals surface area (Å²) >= 11 is 0. The van der Waals surface area contributed by atoms with Gasteiger partial charge < -0.3 is 5.11 Å². The van der Waals surface area contributed by atoms with E-state index >= 15 is 0 Å². The first-order chi connectivity index (χ1) is 5.33. The molecule has 0 amide bonds. The SMILES string of the molecule is CCCC(O)CC1CCCC1. The van der Waals surface area contributed by atoms with Crippen LogP contribution >= 0.6 is 0 Å². The van der Waals surface area contributed by atoms with E-state index in [-0.39, 0.29) is 6.10 Å². The molecule has 0 heterocycles. The molecule has 1 fully saturated rings. The van der Waals surface area contributed by atoms with Crippen LogP contribution < -0.4 is 0 Å². The molecule has 66 valence electrons. The molecule has 0 radical (unpaired) electrons. The average Bonchev–Trinajstić information content (AvgIpc) is 2.40. The number of hydrogen-bond acceptors (Lipinski definition) is 1. The Balaban J connectivity index is 2.08. The summed E-state index contributed by atoms with van der Waals surface area (Å²) in [6, 6.07) is 0. The molecule has 0 bridgehead atoms. The molecule has 1 unspecified atom stereocenters. The van der Waals surface area contributed by atoms with Crippen LogP contribution in [0.4, 0.5) is 0 Å². The fourth-order valence-corrected chi connectivity index (χ4v) is 2.08. The van der Waals surface area contributed by atoms with Gasteiger partial charge in [-0.3, -0.25) is 0 Å². The van der Waals surface area contributed by atoms with E-state index in [0.717, 1.165) is 25.2 Å². The molecule has 1 heteroatoms. The maximum absolute atomic E-state index is 9.51. The highest BCUT2D eigenvalue weighted by molar-refractivity contribution is 4.70. The van der Waals surface area contributed by atoms with E-state index in [0.29, 0.717) is 0 Å². The van der Waals surface area contributed by atoms with Crippen LogP contribution in [-0.2, 0) is 0 Å². The summed E-state index contributed by atoms with van der Waals surface area (Å²) in [7, 11) is 0. The molecule has 1 rings (SSSR count). The number of rotatable bonds is 4. The first-order valence-corrected chi connectivity index (χ1v) is 5.01. The lowest BCUT2D eigenvalue weighted by molar-refractivity contribution is 0.133. The summed E-state index contributed by atoms with van der Waals surface area (Å²) in [5.74, 6) is 0.844. The zero-order valence-electron chi connectivity index (χ0n) is 7.55. The highest BCUT2D eigenvalue weighted by Crippen LogP contribution is 2.29. The molecule has 1 atom stereocenters. The summed E-state index contributed by atoms with van der Waals surface area (Å²) in [5, 5.41) is 9.51. The van der Waals surface area contributed by atoms with E-state index in [1.807, 2.05) is 0 Å². The fraction of sp³-hybridized carbons (Fsp3) is 1.00. The molecule has 11 heavy (non-hydrogen) atoms. The van der Waals surface area contributed by atoms with Crippen LogP contribution in [0.5, 0.6) is 0 Å². The largest absolute Gasteiger partial charge is 0.393 e. The minimum absolute atomic E-state index is 0.0110. The molecule has 0 aromatic rings. The van der Waals surface area contributed by atoms with Crippen molar-refractivity contribution in [3.05, 3.63) is 0 Å². The second kappa shape index (κ2) is 4.76. The Bertz CT molecular complexity index is 95.0. The molecule has 0 aliphatic heterocycles. The van der Waals surface area contributed by atoms with Crippen LogP contribution in [0.25, 0.3) is 0 Å². The fourth-order valence-electron chi connectivity index (χ4n) is 2.08. The van der Waals surface area contributed by atoms with Gasteiger partial charge in [0.25, 0.3) is 0 Å². The minimum atomic E-state index is -0.0110. The van der Waals surface area contributed by atoms with Crippen LogP contribution in [0.3, 0.4) is 0 Å². The Hall–Kier alpha value is -0.0400. The zero-order chi connectivity index (χ0) is 8.10. The lowest BCUT2D eigenvalue weighted by Crippen LogP contribution is -2.10. The third kappa shape index (κ3) is 3.24. The molecule has 1 N–H and O–H groups in total. The Morgan fingerprint density at radius 3 is 2.55 bits per heavy atom. The van der Waals surface area contributed by atoms with Gasteiger partial charge in [0.15, 0.2) is 0 Å². The van der Waals surface area contributed by atoms with Crippen molar-refractivity contribution in [3.8, 4) is 0 Å². The lowest BCUT2D eigenvalue weighted by atomic mass is 9.98. The molecule has 0 aromatic carbocycles. The van der Waals surface area contributed by atoms with Crippen LogP contribution in [0, 0.1) is 5.92 Å². The highest BCUT2D eigenvalue weighted by atomic mass is 16.3. The van der Waals surface area contributed by atoms with Crippen molar-refractivity contribution >= 4 is 0 Å². The molecular formula is C10H20O. The van der Waals surface area contributed by atoms with Gasteiger partial charge in [-0.1, -0.05) is 39.0 Å².